The van der Waals surface area contributed by atoms with Gasteiger partial charge in [0.25, 0.3) is 0 Å². The van der Waals surface area contributed by atoms with Crippen molar-refractivity contribution in [2.75, 3.05) is 27.2 Å². The highest BCUT2D eigenvalue weighted by molar-refractivity contribution is 4.91. The molecule has 1 aromatic rings. The van der Waals surface area contributed by atoms with Crippen LogP contribution in [0, 0.1) is 0 Å². The van der Waals surface area contributed by atoms with E-state index in [0.29, 0.717) is 0 Å². The Hall–Kier alpha value is -0.940. The van der Waals surface area contributed by atoms with Crippen LogP contribution in [0.3, 0.4) is 0 Å². The van der Waals surface area contributed by atoms with Crippen molar-refractivity contribution in [2.45, 2.75) is 40.5 Å². The molecule has 0 fully saturated rings. The van der Waals surface area contributed by atoms with E-state index in [1.807, 2.05) is 41.8 Å². The summed E-state index contributed by atoms with van der Waals surface area (Å²) >= 11 is 0. The standard InChI is InChI=1S/C8H17N5.2C2H6/c1-9-5-3-7-11-8(13-12-7)4-6-10-2;2*1-2/h9-10H,3-6H2,1-2H3,(H,11,12,13);2*1-2H3. The van der Waals surface area contributed by atoms with E-state index < -0.39 is 0 Å². The van der Waals surface area contributed by atoms with Gasteiger partial charge in [-0.1, -0.05) is 27.7 Å². The number of H-pyrrole nitrogens is 1. The third kappa shape index (κ3) is 9.96. The molecular weight excluding hydrogens is 214 g/mol. The smallest absolute Gasteiger partial charge is 0.151 e. The second-order valence-electron chi connectivity index (χ2n) is 2.91. The number of hydrogen-bond donors (Lipinski definition) is 3. The molecule has 1 rings (SSSR count). The number of nitrogens with zero attached hydrogens (tertiary/aromatic N) is 2. The van der Waals surface area contributed by atoms with Crippen LogP contribution in [0.1, 0.15) is 39.3 Å². The van der Waals surface area contributed by atoms with Gasteiger partial charge in [-0.3, -0.25) is 5.10 Å². The summed E-state index contributed by atoms with van der Waals surface area (Å²) in [6.45, 7) is 9.85. The van der Waals surface area contributed by atoms with Gasteiger partial charge in [0.1, 0.15) is 5.82 Å². The largest absolute Gasteiger partial charge is 0.319 e. The lowest BCUT2D eigenvalue weighted by atomic mass is 10.4. The van der Waals surface area contributed by atoms with E-state index in [1.54, 1.807) is 0 Å². The molecule has 1 aromatic heterocycles. The van der Waals surface area contributed by atoms with Crippen LogP contribution in [0.5, 0.6) is 0 Å². The van der Waals surface area contributed by atoms with Crippen LogP contribution >= 0.6 is 0 Å². The van der Waals surface area contributed by atoms with E-state index >= 15 is 0 Å². The SMILES string of the molecule is CC.CC.CNCCc1n[nH]c(CCNC)n1. The van der Waals surface area contributed by atoms with E-state index in [1.165, 1.54) is 0 Å². The predicted molar refractivity (Wildman–Crippen MR) is 74.3 cm³/mol. The van der Waals surface area contributed by atoms with Gasteiger partial charge in [0.2, 0.25) is 0 Å². The van der Waals surface area contributed by atoms with Crippen LogP contribution in [0.4, 0.5) is 0 Å². The monoisotopic (exact) mass is 243 g/mol. The molecular formula is C12H29N5. The number of aromatic nitrogens is 3. The molecule has 3 N–H and O–H groups in total. The van der Waals surface area contributed by atoms with Crippen molar-refractivity contribution >= 4 is 0 Å². The summed E-state index contributed by atoms with van der Waals surface area (Å²) in [7, 11) is 3.85. The Morgan fingerprint density at radius 3 is 2.00 bits per heavy atom. The molecule has 0 atom stereocenters. The minimum Gasteiger partial charge on any atom is -0.319 e. The van der Waals surface area contributed by atoms with Gasteiger partial charge in [0, 0.05) is 25.9 Å². The van der Waals surface area contributed by atoms with Gasteiger partial charge < -0.3 is 10.6 Å². The fourth-order valence-corrected chi connectivity index (χ4v) is 1.04. The van der Waals surface area contributed by atoms with Crippen LogP contribution in [-0.2, 0) is 12.8 Å². The Balaban J connectivity index is 0. The zero-order chi connectivity index (χ0) is 13.5. The molecule has 0 spiro atoms. The van der Waals surface area contributed by atoms with Gasteiger partial charge in [0.15, 0.2) is 5.82 Å². The average Bonchev–Trinajstić information content (AvgIpc) is 2.86. The molecule has 5 nitrogen and oxygen atoms in total. The van der Waals surface area contributed by atoms with E-state index in [9.17, 15) is 0 Å². The topological polar surface area (TPSA) is 65.6 Å². The van der Waals surface area contributed by atoms with Gasteiger partial charge in [-0.2, -0.15) is 5.10 Å². The second-order valence-corrected chi connectivity index (χ2v) is 2.91. The molecule has 0 aliphatic rings. The highest BCUT2D eigenvalue weighted by atomic mass is 15.2. The number of likely N-dealkylation sites (N-methyl/N-ethyl adjacent to an activating group) is 2. The molecule has 0 aromatic carbocycles. The van der Waals surface area contributed by atoms with Crippen molar-refractivity contribution in [2.24, 2.45) is 0 Å². The summed E-state index contributed by atoms with van der Waals surface area (Å²) in [5, 5.41) is 13.2. The molecule has 0 saturated heterocycles. The van der Waals surface area contributed by atoms with Crippen molar-refractivity contribution in [1.82, 2.24) is 25.8 Å². The van der Waals surface area contributed by atoms with Gasteiger partial charge >= 0.3 is 0 Å². The minimum absolute atomic E-state index is 0.882. The van der Waals surface area contributed by atoms with E-state index in [4.69, 9.17) is 0 Å². The van der Waals surface area contributed by atoms with Crippen LogP contribution in [0.15, 0.2) is 0 Å². The van der Waals surface area contributed by atoms with Gasteiger partial charge in [0.05, 0.1) is 0 Å². The average molecular weight is 243 g/mol. The number of nitrogens with one attached hydrogen (secondary N) is 3. The zero-order valence-electron chi connectivity index (χ0n) is 12.2. The molecule has 0 saturated carbocycles. The Bertz CT molecular complexity index is 212. The third-order valence-corrected chi connectivity index (χ3v) is 1.79. The molecule has 5 heteroatoms. The predicted octanol–water partition coefficient (Wildman–Crippen LogP) is 1.38. The van der Waals surface area contributed by atoms with Crippen LogP contribution in [-0.4, -0.2) is 42.4 Å². The molecule has 0 bridgehead atoms. The zero-order valence-corrected chi connectivity index (χ0v) is 12.2. The van der Waals surface area contributed by atoms with Crippen LogP contribution in [0.25, 0.3) is 0 Å². The first-order chi connectivity index (χ1) is 8.36. The maximum atomic E-state index is 4.34. The molecule has 17 heavy (non-hydrogen) atoms. The van der Waals surface area contributed by atoms with Crippen molar-refractivity contribution < 1.29 is 0 Å². The van der Waals surface area contributed by atoms with Gasteiger partial charge in [-0.05, 0) is 14.1 Å². The van der Waals surface area contributed by atoms with E-state index in [2.05, 4.69) is 25.8 Å². The summed E-state index contributed by atoms with van der Waals surface area (Å²) < 4.78 is 0. The molecule has 0 radical (unpaired) electrons. The highest BCUT2D eigenvalue weighted by Crippen LogP contribution is 1.93. The second kappa shape index (κ2) is 15.1. The lowest BCUT2D eigenvalue weighted by molar-refractivity contribution is 0.752. The van der Waals surface area contributed by atoms with Gasteiger partial charge in [-0.25, -0.2) is 4.98 Å². The molecule has 1 heterocycles. The normalized spacial score (nSPS) is 8.82. The Morgan fingerprint density at radius 1 is 0.941 bits per heavy atom. The maximum Gasteiger partial charge on any atom is 0.151 e. The molecule has 0 aliphatic carbocycles. The third-order valence-electron chi connectivity index (χ3n) is 1.79. The first-order valence-corrected chi connectivity index (χ1v) is 6.56. The summed E-state index contributed by atoms with van der Waals surface area (Å²) in [6, 6.07) is 0. The first kappa shape index (κ1) is 18.4. The van der Waals surface area contributed by atoms with Crippen molar-refractivity contribution in [3.8, 4) is 0 Å². The van der Waals surface area contributed by atoms with Crippen LogP contribution < -0.4 is 10.6 Å². The Kier molecular flexibility index (Phi) is 16.3. The fraction of sp³-hybridized carbons (Fsp3) is 0.833. The molecule has 0 aliphatic heterocycles. The highest BCUT2D eigenvalue weighted by Gasteiger charge is 2.01. The molecule has 0 amide bonds. The van der Waals surface area contributed by atoms with E-state index in [-0.39, 0.29) is 0 Å². The van der Waals surface area contributed by atoms with Crippen molar-refractivity contribution in [3.63, 3.8) is 0 Å². The Labute approximate surface area is 106 Å². The summed E-state index contributed by atoms with van der Waals surface area (Å²) in [6.07, 6.45) is 1.79. The lowest BCUT2D eigenvalue weighted by Gasteiger charge is -1.93. The number of rotatable bonds is 6. The summed E-state index contributed by atoms with van der Waals surface area (Å²) in [5.74, 6) is 1.85. The quantitative estimate of drug-likeness (QED) is 0.706. The number of hydrogen-bond acceptors (Lipinski definition) is 4. The van der Waals surface area contributed by atoms with Crippen molar-refractivity contribution in [1.29, 1.82) is 0 Å². The first-order valence-electron chi connectivity index (χ1n) is 6.56. The summed E-state index contributed by atoms with van der Waals surface area (Å²) in [4.78, 5) is 4.34. The van der Waals surface area contributed by atoms with Crippen LogP contribution in [0.2, 0.25) is 0 Å². The van der Waals surface area contributed by atoms with E-state index in [0.717, 1.165) is 37.6 Å². The molecule has 0 unspecified atom stereocenters. The Morgan fingerprint density at radius 2 is 1.47 bits per heavy atom. The summed E-state index contributed by atoms with van der Waals surface area (Å²) in [5.41, 5.74) is 0. The lowest BCUT2D eigenvalue weighted by Crippen LogP contribution is -2.12. The molecule has 102 valence electrons. The minimum atomic E-state index is 0.882. The van der Waals surface area contributed by atoms with Crippen molar-refractivity contribution in [3.05, 3.63) is 11.6 Å². The number of aromatic amines is 1. The van der Waals surface area contributed by atoms with Gasteiger partial charge in [-0.15, -0.1) is 0 Å². The maximum absolute atomic E-state index is 4.34. The fourth-order valence-electron chi connectivity index (χ4n) is 1.04.